The van der Waals surface area contributed by atoms with E-state index in [9.17, 15) is 9.90 Å². The molecule has 5 heteroatoms. The van der Waals surface area contributed by atoms with Crippen molar-refractivity contribution in [2.75, 3.05) is 20.3 Å². The van der Waals surface area contributed by atoms with E-state index >= 15 is 0 Å². The summed E-state index contributed by atoms with van der Waals surface area (Å²) in [5.41, 5.74) is -0.267. The number of carbonyl (C=O) groups excluding carboxylic acids is 1. The molecule has 1 aliphatic rings. The quantitative estimate of drug-likeness (QED) is 0.799. The van der Waals surface area contributed by atoms with Crippen LogP contribution in [0.15, 0.2) is 18.3 Å². The van der Waals surface area contributed by atoms with Gasteiger partial charge >= 0.3 is 0 Å². The van der Waals surface area contributed by atoms with Crippen LogP contribution in [0.5, 0.6) is 0 Å². The Bertz CT molecular complexity index is 450. The summed E-state index contributed by atoms with van der Waals surface area (Å²) in [6, 6.07) is 4.19. The molecule has 1 heterocycles. The van der Waals surface area contributed by atoms with Gasteiger partial charge in [0, 0.05) is 38.9 Å². The van der Waals surface area contributed by atoms with Crippen molar-refractivity contribution in [3.8, 4) is 0 Å². The number of carbonyl (C=O) groups is 1. The van der Waals surface area contributed by atoms with Gasteiger partial charge in [0.2, 0.25) is 0 Å². The highest BCUT2D eigenvalue weighted by Crippen LogP contribution is 2.32. The van der Waals surface area contributed by atoms with Crippen LogP contribution in [0.2, 0.25) is 0 Å². The van der Waals surface area contributed by atoms with Crippen molar-refractivity contribution in [1.82, 2.24) is 9.88 Å². The predicted molar refractivity (Wildman–Crippen MR) is 76.8 cm³/mol. The lowest BCUT2D eigenvalue weighted by Gasteiger charge is -2.29. The van der Waals surface area contributed by atoms with E-state index in [1.807, 2.05) is 22.9 Å². The molecule has 0 aliphatic heterocycles. The van der Waals surface area contributed by atoms with Crippen molar-refractivity contribution >= 4 is 5.91 Å². The minimum absolute atomic E-state index is 0.125. The molecule has 5 nitrogen and oxygen atoms in total. The van der Waals surface area contributed by atoms with Crippen LogP contribution in [0.1, 0.15) is 49.1 Å². The van der Waals surface area contributed by atoms with Crippen LogP contribution in [-0.2, 0) is 4.74 Å². The Morgan fingerprint density at radius 3 is 2.95 bits per heavy atom. The van der Waals surface area contributed by atoms with Gasteiger partial charge in [0.05, 0.1) is 5.60 Å². The molecule has 0 radical (unpaired) electrons. The Kier molecular flexibility index (Phi) is 4.83. The first kappa shape index (κ1) is 15.1. The third kappa shape index (κ3) is 3.61. The molecule has 1 aliphatic carbocycles. The number of rotatable bonds is 7. The van der Waals surface area contributed by atoms with Gasteiger partial charge in [-0.3, -0.25) is 4.79 Å². The second kappa shape index (κ2) is 6.41. The highest BCUT2D eigenvalue weighted by Gasteiger charge is 2.25. The molecule has 0 saturated heterocycles. The number of nitrogens with zero attached hydrogens (tertiary/aromatic N) is 1. The molecule has 1 atom stereocenters. The Morgan fingerprint density at radius 2 is 2.35 bits per heavy atom. The molecule has 1 saturated carbocycles. The summed E-state index contributed by atoms with van der Waals surface area (Å²) in [5.74, 6) is -0.125. The van der Waals surface area contributed by atoms with Gasteiger partial charge in [0.1, 0.15) is 5.69 Å². The molecule has 1 amide bonds. The Morgan fingerprint density at radius 1 is 1.60 bits per heavy atom. The first-order chi connectivity index (χ1) is 9.53. The summed E-state index contributed by atoms with van der Waals surface area (Å²) in [6.45, 7) is 2.41. The van der Waals surface area contributed by atoms with Crippen LogP contribution >= 0.6 is 0 Å². The highest BCUT2D eigenvalue weighted by atomic mass is 16.5. The van der Waals surface area contributed by atoms with E-state index in [4.69, 9.17) is 4.74 Å². The van der Waals surface area contributed by atoms with E-state index in [1.54, 1.807) is 14.0 Å². The maximum atomic E-state index is 12.2. The van der Waals surface area contributed by atoms with E-state index < -0.39 is 5.60 Å². The van der Waals surface area contributed by atoms with Crippen LogP contribution < -0.4 is 5.32 Å². The molecular formula is C15H24N2O3. The first-order valence-electron chi connectivity index (χ1n) is 7.20. The highest BCUT2D eigenvalue weighted by molar-refractivity contribution is 5.92. The van der Waals surface area contributed by atoms with Crippen molar-refractivity contribution in [2.24, 2.45) is 0 Å². The summed E-state index contributed by atoms with van der Waals surface area (Å²) < 4.78 is 7.00. The average molecular weight is 280 g/mol. The molecular weight excluding hydrogens is 256 g/mol. The average Bonchev–Trinajstić information content (AvgIpc) is 2.80. The minimum atomic E-state index is -0.945. The third-order valence-corrected chi connectivity index (χ3v) is 3.95. The number of aromatic nitrogens is 1. The second-order valence-corrected chi connectivity index (χ2v) is 5.81. The first-order valence-corrected chi connectivity index (χ1v) is 7.20. The molecule has 1 fully saturated rings. The van der Waals surface area contributed by atoms with Gasteiger partial charge in [-0.2, -0.15) is 0 Å². The van der Waals surface area contributed by atoms with Gasteiger partial charge < -0.3 is 19.7 Å². The van der Waals surface area contributed by atoms with E-state index in [-0.39, 0.29) is 12.5 Å². The Balaban J connectivity index is 1.90. The van der Waals surface area contributed by atoms with Crippen LogP contribution in [0.25, 0.3) is 0 Å². The van der Waals surface area contributed by atoms with Gasteiger partial charge in [0.15, 0.2) is 0 Å². The number of methoxy groups -OCH3 is 1. The van der Waals surface area contributed by atoms with Crippen LogP contribution in [0, 0.1) is 0 Å². The molecule has 2 N–H and O–H groups in total. The smallest absolute Gasteiger partial charge is 0.268 e. The molecule has 1 aromatic rings. The number of aliphatic hydroxyl groups is 1. The van der Waals surface area contributed by atoms with Crippen molar-refractivity contribution in [1.29, 1.82) is 0 Å². The summed E-state index contributed by atoms with van der Waals surface area (Å²) in [6.07, 6.45) is 5.96. The lowest BCUT2D eigenvalue weighted by atomic mass is 9.93. The summed E-state index contributed by atoms with van der Waals surface area (Å²) >= 11 is 0. The van der Waals surface area contributed by atoms with Crippen LogP contribution in [-0.4, -0.2) is 41.4 Å². The number of ether oxygens (including phenoxy) is 1. The van der Waals surface area contributed by atoms with Crippen molar-refractivity contribution < 1.29 is 14.6 Å². The topological polar surface area (TPSA) is 63.5 Å². The maximum absolute atomic E-state index is 12.2. The van der Waals surface area contributed by atoms with E-state index in [0.717, 1.165) is 12.8 Å². The molecule has 2 rings (SSSR count). The fourth-order valence-corrected chi connectivity index (χ4v) is 2.34. The Hall–Kier alpha value is -1.33. The summed E-state index contributed by atoms with van der Waals surface area (Å²) in [7, 11) is 1.60. The Labute approximate surface area is 119 Å². The number of amides is 1. The molecule has 0 spiro atoms. The van der Waals surface area contributed by atoms with E-state index in [1.165, 1.54) is 6.42 Å². The minimum Gasteiger partial charge on any atom is -0.388 e. The SMILES string of the molecule is COCCC(C)(O)CNC(=O)c1cccn1C1CCC1. The zero-order valence-electron chi connectivity index (χ0n) is 12.3. The van der Waals surface area contributed by atoms with Crippen molar-refractivity contribution in [2.45, 2.75) is 44.2 Å². The van der Waals surface area contributed by atoms with Gasteiger partial charge in [-0.1, -0.05) is 0 Å². The molecule has 20 heavy (non-hydrogen) atoms. The molecule has 1 unspecified atom stereocenters. The van der Waals surface area contributed by atoms with E-state index in [2.05, 4.69) is 5.32 Å². The fraction of sp³-hybridized carbons (Fsp3) is 0.667. The standard InChI is InChI=1S/C15H24N2O3/c1-15(19,8-10-20-2)11-16-14(18)13-7-4-9-17(13)12-5-3-6-12/h4,7,9,12,19H,3,5-6,8,10-11H2,1-2H3,(H,16,18). The lowest BCUT2D eigenvalue weighted by molar-refractivity contribution is 0.0242. The van der Waals surface area contributed by atoms with Crippen LogP contribution in [0.4, 0.5) is 0 Å². The monoisotopic (exact) mass is 280 g/mol. The number of hydrogen-bond donors (Lipinski definition) is 2. The van der Waals surface area contributed by atoms with Crippen molar-refractivity contribution in [3.05, 3.63) is 24.0 Å². The lowest BCUT2D eigenvalue weighted by Crippen LogP contribution is -2.42. The predicted octanol–water partition coefficient (Wildman–Crippen LogP) is 1.73. The maximum Gasteiger partial charge on any atom is 0.268 e. The van der Waals surface area contributed by atoms with Crippen molar-refractivity contribution in [3.63, 3.8) is 0 Å². The molecule has 0 bridgehead atoms. The molecule has 0 aromatic carbocycles. The van der Waals surface area contributed by atoms with Gasteiger partial charge in [-0.25, -0.2) is 0 Å². The number of hydrogen-bond acceptors (Lipinski definition) is 3. The van der Waals surface area contributed by atoms with Gasteiger partial charge in [0.25, 0.3) is 5.91 Å². The number of nitrogens with one attached hydrogen (secondary N) is 1. The molecule has 1 aromatic heterocycles. The fourth-order valence-electron chi connectivity index (χ4n) is 2.34. The van der Waals surface area contributed by atoms with Crippen LogP contribution in [0.3, 0.4) is 0 Å². The third-order valence-electron chi connectivity index (χ3n) is 3.95. The normalized spacial score (nSPS) is 18.4. The molecule has 112 valence electrons. The summed E-state index contributed by atoms with van der Waals surface area (Å²) in [5, 5.41) is 12.9. The zero-order valence-corrected chi connectivity index (χ0v) is 12.3. The zero-order chi connectivity index (χ0) is 14.6. The van der Waals surface area contributed by atoms with Gasteiger partial charge in [-0.15, -0.1) is 0 Å². The second-order valence-electron chi connectivity index (χ2n) is 5.81. The van der Waals surface area contributed by atoms with Gasteiger partial charge in [-0.05, 0) is 38.3 Å². The summed E-state index contributed by atoms with van der Waals surface area (Å²) in [4.78, 5) is 12.2. The largest absolute Gasteiger partial charge is 0.388 e. The van der Waals surface area contributed by atoms with E-state index in [0.29, 0.717) is 24.8 Å².